The zero-order valence-electron chi connectivity index (χ0n) is 16.5. The van der Waals surface area contributed by atoms with Crippen molar-refractivity contribution in [3.8, 4) is 11.5 Å². The summed E-state index contributed by atoms with van der Waals surface area (Å²) in [6.45, 7) is 0.979. The van der Waals surface area contributed by atoms with E-state index in [-0.39, 0.29) is 17.6 Å². The van der Waals surface area contributed by atoms with Crippen molar-refractivity contribution in [2.24, 2.45) is 5.41 Å². The standard InChI is InChI=1S/C22H23FN2O4/c1-28-18-11-14-7-10-25(13-15(14)12-19(18)29-2)21(27)22(8-9-22)20(26)24-17-5-3-16(23)4-6-17/h3-6,11-12H,7-10,13H2,1-2H3,(H,24,26). The van der Waals surface area contributed by atoms with Crippen LogP contribution in [-0.4, -0.2) is 37.5 Å². The van der Waals surface area contributed by atoms with Gasteiger partial charge in [-0.25, -0.2) is 4.39 Å². The molecule has 152 valence electrons. The molecule has 6 nitrogen and oxygen atoms in total. The van der Waals surface area contributed by atoms with E-state index in [0.717, 1.165) is 11.1 Å². The van der Waals surface area contributed by atoms with Gasteiger partial charge >= 0.3 is 0 Å². The van der Waals surface area contributed by atoms with Gasteiger partial charge in [-0.15, -0.1) is 0 Å². The van der Waals surface area contributed by atoms with E-state index in [0.29, 0.717) is 49.5 Å². The second-order valence-corrected chi connectivity index (χ2v) is 7.50. The van der Waals surface area contributed by atoms with E-state index in [1.807, 2.05) is 12.1 Å². The Morgan fingerprint density at radius 2 is 1.66 bits per heavy atom. The molecule has 0 spiro atoms. The minimum absolute atomic E-state index is 0.155. The van der Waals surface area contributed by atoms with Crippen LogP contribution < -0.4 is 14.8 Å². The smallest absolute Gasteiger partial charge is 0.240 e. The Balaban J connectivity index is 1.50. The van der Waals surface area contributed by atoms with Crippen LogP contribution in [0.15, 0.2) is 36.4 Å². The van der Waals surface area contributed by atoms with Gasteiger partial charge in [-0.2, -0.15) is 0 Å². The van der Waals surface area contributed by atoms with Gasteiger partial charge in [0.1, 0.15) is 11.2 Å². The minimum Gasteiger partial charge on any atom is -0.493 e. The lowest BCUT2D eigenvalue weighted by Gasteiger charge is -2.32. The van der Waals surface area contributed by atoms with Gasteiger partial charge in [-0.05, 0) is 66.8 Å². The fourth-order valence-electron chi connectivity index (χ4n) is 3.81. The Labute approximate surface area is 168 Å². The average molecular weight is 398 g/mol. The maximum atomic E-state index is 13.2. The number of halogens is 1. The summed E-state index contributed by atoms with van der Waals surface area (Å²) in [5, 5.41) is 2.75. The number of hydrogen-bond donors (Lipinski definition) is 1. The molecular formula is C22H23FN2O4. The predicted octanol–water partition coefficient (Wildman–Crippen LogP) is 3.15. The molecule has 1 N–H and O–H groups in total. The fraction of sp³-hybridized carbons (Fsp3) is 0.364. The summed E-state index contributed by atoms with van der Waals surface area (Å²) in [5.41, 5.74) is 1.57. The SMILES string of the molecule is COc1cc2c(cc1OC)CN(C(=O)C1(C(=O)Nc3ccc(F)cc3)CC1)CC2. The molecule has 1 heterocycles. The van der Waals surface area contributed by atoms with Crippen LogP contribution in [0.2, 0.25) is 0 Å². The monoisotopic (exact) mass is 398 g/mol. The van der Waals surface area contributed by atoms with Crippen molar-refractivity contribution in [1.82, 2.24) is 4.90 Å². The number of methoxy groups -OCH3 is 2. The van der Waals surface area contributed by atoms with E-state index in [4.69, 9.17) is 9.47 Å². The highest BCUT2D eigenvalue weighted by molar-refractivity contribution is 6.13. The molecule has 0 atom stereocenters. The van der Waals surface area contributed by atoms with Crippen molar-refractivity contribution in [2.75, 3.05) is 26.1 Å². The topological polar surface area (TPSA) is 67.9 Å². The lowest BCUT2D eigenvalue weighted by molar-refractivity contribution is -0.143. The minimum atomic E-state index is -1.03. The molecule has 2 aliphatic rings. The van der Waals surface area contributed by atoms with Crippen LogP contribution in [0.1, 0.15) is 24.0 Å². The molecule has 0 bridgehead atoms. The molecule has 4 rings (SSSR count). The molecule has 1 aliphatic carbocycles. The number of rotatable bonds is 5. The number of carbonyl (C=O) groups excluding carboxylic acids is 2. The van der Waals surface area contributed by atoms with Crippen LogP contribution in [-0.2, 0) is 22.6 Å². The summed E-state index contributed by atoms with van der Waals surface area (Å²) in [5.74, 6) is 0.433. The molecule has 0 unspecified atom stereocenters. The first-order chi connectivity index (χ1) is 14.0. The van der Waals surface area contributed by atoms with Crippen molar-refractivity contribution in [3.63, 3.8) is 0 Å². The Kier molecular flexibility index (Phi) is 4.90. The van der Waals surface area contributed by atoms with E-state index in [2.05, 4.69) is 5.32 Å². The summed E-state index contributed by atoms with van der Waals surface area (Å²) >= 11 is 0. The van der Waals surface area contributed by atoms with E-state index in [9.17, 15) is 14.0 Å². The second-order valence-electron chi connectivity index (χ2n) is 7.50. The maximum Gasteiger partial charge on any atom is 0.240 e. The Hall–Kier alpha value is -3.09. The summed E-state index contributed by atoms with van der Waals surface area (Å²) in [6.07, 6.45) is 1.74. The Bertz CT molecular complexity index is 954. The maximum absolute atomic E-state index is 13.2. The third kappa shape index (κ3) is 3.52. The molecule has 2 aromatic rings. The van der Waals surface area contributed by atoms with Crippen molar-refractivity contribution < 1.29 is 23.5 Å². The van der Waals surface area contributed by atoms with Crippen molar-refractivity contribution in [1.29, 1.82) is 0 Å². The van der Waals surface area contributed by atoms with Gasteiger partial charge in [0, 0.05) is 18.8 Å². The first-order valence-electron chi connectivity index (χ1n) is 9.57. The van der Waals surface area contributed by atoms with Crippen LogP contribution in [0.25, 0.3) is 0 Å². The third-order valence-electron chi connectivity index (χ3n) is 5.70. The van der Waals surface area contributed by atoms with E-state index in [1.54, 1.807) is 19.1 Å². The Morgan fingerprint density at radius 1 is 1.03 bits per heavy atom. The number of nitrogens with one attached hydrogen (secondary N) is 1. The van der Waals surface area contributed by atoms with Gasteiger partial charge in [0.2, 0.25) is 11.8 Å². The first kappa shape index (κ1) is 19.2. The molecule has 1 aliphatic heterocycles. The summed E-state index contributed by atoms with van der Waals surface area (Å²) in [4.78, 5) is 27.8. The van der Waals surface area contributed by atoms with Crippen LogP contribution in [0, 0.1) is 11.2 Å². The number of nitrogens with zero attached hydrogens (tertiary/aromatic N) is 1. The number of carbonyl (C=O) groups is 2. The van der Waals surface area contributed by atoms with E-state index >= 15 is 0 Å². The molecule has 29 heavy (non-hydrogen) atoms. The van der Waals surface area contributed by atoms with Gasteiger partial charge in [-0.1, -0.05) is 0 Å². The van der Waals surface area contributed by atoms with Gasteiger partial charge in [0.25, 0.3) is 0 Å². The van der Waals surface area contributed by atoms with Crippen molar-refractivity contribution in [3.05, 3.63) is 53.3 Å². The zero-order valence-corrected chi connectivity index (χ0v) is 16.5. The molecular weight excluding hydrogens is 375 g/mol. The molecule has 0 radical (unpaired) electrons. The van der Waals surface area contributed by atoms with Gasteiger partial charge in [0.05, 0.1) is 14.2 Å². The molecule has 1 saturated carbocycles. The highest BCUT2D eigenvalue weighted by Crippen LogP contribution is 2.49. The summed E-state index contributed by atoms with van der Waals surface area (Å²) in [6, 6.07) is 9.38. The normalized spacial score (nSPS) is 16.6. The summed E-state index contributed by atoms with van der Waals surface area (Å²) in [7, 11) is 3.18. The lowest BCUT2D eigenvalue weighted by Crippen LogP contribution is -2.45. The van der Waals surface area contributed by atoms with Gasteiger partial charge in [-0.3, -0.25) is 9.59 Å². The number of ether oxygens (including phenoxy) is 2. The lowest BCUT2D eigenvalue weighted by atomic mass is 9.96. The highest BCUT2D eigenvalue weighted by Gasteiger charge is 2.58. The van der Waals surface area contributed by atoms with Crippen molar-refractivity contribution in [2.45, 2.75) is 25.8 Å². The average Bonchev–Trinajstić information content (AvgIpc) is 3.55. The van der Waals surface area contributed by atoms with Crippen LogP contribution in [0.5, 0.6) is 11.5 Å². The van der Waals surface area contributed by atoms with Crippen LogP contribution >= 0.6 is 0 Å². The number of hydrogen-bond acceptors (Lipinski definition) is 4. The predicted molar refractivity (Wildman–Crippen MR) is 105 cm³/mol. The Morgan fingerprint density at radius 3 is 2.24 bits per heavy atom. The number of benzene rings is 2. The number of anilines is 1. The molecule has 2 aromatic carbocycles. The quantitative estimate of drug-likeness (QED) is 0.786. The highest BCUT2D eigenvalue weighted by atomic mass is 19.1. The molecule has 1 fully saturated rings. The zero-order chi connectivity index (χ0) is 20.6. The molecule has 0 aromatic heterocycles. The van der Waals surface area contributed by atoms with E-state index in [1.165, 1.54) is 24.3 Å². The largest absolute Gasteiger partial charge is 0.493 e. The molecule has 0 saturated heterocycles. The summed E-state index contributed by atoms with van der Waals surface area (Å²) < 4.78 is 23.8. The van der Waals surface area contributed by atoms with Gasteiger partial charge < -0.3 is 19.7 Å². The molecule has 2 amide bonds. The number of fused-ring (bicyclic) bond motifs is 1. The van der Waals surface area contributed by atoms with Crippen LogP contribution in [0.3, 0.4) is 0 Å². The molecule has 7 heteroatoms. The van der Waals surface area contributed by atoms with Crippen LogP contribution in [0.4, 0.5) is 10.1 Å². The number of amides is 2. The van der Waals surface area contributed by atoms with Crippen molar-refractivity contribution >= 4 is 17.5 Å². The first-order valence-corrected chi connectivity index (χ1v) is 9.57. The van der Waals surface area contributed by atoms with Gasteiger partial charge in [0.15, 0.2) is 11.5 Å². The van der Waals surface area contributed by atoms with E-state index < -0.39 is 5.41 Å². The third-order valence-corrected chi connectivity index (χ3v) is 5.70. The fourth-order valence-corrected chi connectivity index (χ4v) is 3.81. The second kappa shape index (κ2) is 7.39.